The highest BCUT2D eigenvalue weighted by Crippen LogP contribution is 2.35. The van der Waals surface area contributed by atoms with Gasteiger partial charge in [-0.1, -0.05) is 12.8 Å². The van der Waals surface area contributed by atoms with Crippen molar-refractivity contribution < 1.29 is 4.74 Å². The highest BCUT2D eigenvalue weighted by molar-refractivity contribution is 4.96. The Balaban J connectivity index is 2.00. The number of rotatable bonds is 3. The van der Waals surface area contributed by atoms with Crippen molar-refractivity contribution in [1.82, 2.24) is 10.2 Å². The largest absolute Gasteiger partial charge is 0.379 e. The Morgan fingerprint density at radius 1 is 1.21 bits per heavy atom. The van der Waals surface area contributed by atoms with Crippen LogP contribution in [0.15, 0.2) is 0 Å². The zero-order chi connectivity index (χ0) is 9.86. The third-order valence-electron chi connectivity index (χ3n) is 3.72. The van der Waals surface area contributed by atoms with E-state index in [0.29, 0.717) is 5.54 Å². The fraction of sp³-hybridized carbons (Fsp3) is 1.00. The maximum Gasteiger partial charge on any atom is 0.0594 e. The van der Waals surface area contributed by atoms with Crippen LogP contribution in [0.2, 0.25) is 0 Å². The van der Waals surface area contributed by atoms with E-state index in [2.05, 4.69) is 17.3 Å². The number of hydrogen-bond acceptors (Lipinski definition) is 3. The standard InChI is InChI=1S/C11H22N2O/c1-12-10-11(4-2-3-5-11)13-6-8-14-9-7-13/h12H,2-10H2,1H3. The molecule has 0 aromatic rings. The predicted molar refractivity (Wildman–Crippen MR) is 57.5 cm³/mol. The summed E-state index contributed by atoms with van der Waals surface area (Å²) in [5.41, 5.74) is 0.457. The van der Waals surface area contributed by atoms with Gasteiger partial charge in [0, 0.05) is 25.2 Å². The van der Waals surface area contributed by atoms with Gasteiger partial charge >= 0.3 is 0 Å². The average molecular weight is 198 g/mol. The first-order valence-electron chi connectivity index (χ1n) is 5.85. The zero-order valence-corrected chi connectivity index (χ0v) is 9.22. The molecule has 2 fully saturated rings. The molecule has 3 heteroatoms. The number of ether oxygens (including phenoxy) is 1. The van der Waals surface area contributed by atoms with Crippen molar-refractivity contribution in [3.05, 3.63) is 0 Å². The molecule has 1 N–H and O–H groups in total. The molecule has 0 unspecified atom stereocenters. The summed E-state index contributed by atoms with van der Waals surface area (Å²) in [7, 11) is 2.07. The van der Waals surface area contributed by atoms with Crippen LogP contribution in [-0.2, 0) is 4.74 Å². The fourth-order valence-corrected chi connectivity index (χ4v) is 3.00. The van der Waals surface area contributed by atoms with Crippen molar-refractivity contribution in [2.75, 3.05) is 39.9 Å². The number of hydrogen-bond donors (Lipinski definition) is 1. The highest BCUT2D eigenvalue weighted by Gasteiger charge is 2.39. The van der Waals surface area contributed by atoms with Crippen LogP contribution in [0.3, 0.4) is 0 Å². The molecule has 2 aliphatic rings. The quantitative estimate of drug-likeness (QED) is 0.727. The normalized spacial score (nSPS) is 28.1. The zero-order valence-electron chi connectivity index (χ0n) is 9.22. The molecule has 1 aliphatic heterocycles. The lowest BCUT2D eigenvalue weighted by Crippen LogP contribution is -2.56. The molecule has 1 heterocycles. The molecule has 0 aromatic heterocycles. The Hall–Kier alpha value is -0.120. The van der Waals surface area contributed by atoms with E-state index in [-0.39, 0.29) is 0 Å². The molecule has 2 rings (SSSR count). The first-order chi connectivity index (χ1) is 6.87. The number of nitrogens with one attached hydrogen (secondary N) is 1. The summed E-state index contributed by atoms with van der Waals surface area (Å²) in [6.45, 7) is 5.24. The van der Waals surface area contributed by atoms with E-state index in [9.17, 15) is 0 Å². The minimum absolute atomic E-state index is 0.457. The van der Waals surface area contributed by atoms with Crippen molar-refractivity contribution in [3.8, 4) is 0 Å². The molecular formula is C11H22N2O. The molecule has 1 aliphatic carbocycles. The number of nitrogens with zero attached hydrogens (tertiary/aromatic N) is 1. The fourth-order valence-electron chi connectivity index (χ4n) is 3.00. The van der Waals surface area contributed by atoms with Gasteiger partial charge in [-0.05, 0) is 19.9 Å². The van der Waals surface area contributed by atoms with Gasteiger partial charge in [0.15, 0.2) is 0 Å². The van der Waals surface area contributed by atoms with Crippen LogP contribution in [0.25, 0.3) is 0 Å². The highest BCUT2D eigenvalue weighted by atomic mass is 16.5. The number of morpholine rings is 1. The van der Waals surface area contributed by atoms with Gasteiger partial charge in [0.1, 0.15) is 0 Å². The minimum Gasteiger partial charge on any atom is -0.379 e. The second kappa shape index (κ2) is 4.60. The van der Waals surface area contributed by atoms with Crippen molar-refractivity contribution in [1.29, 1.82) is 0 Å². The van der Waals surface area contributed by atoms with Gasteiger partial charge in [-0.2, -0.15) is 0 Å². The SMILES string of the molecule is CNCC1(N2CCOCC2)CCCC1. The van der Waals surface area contributed by atoms with Crippen molar-refractivity contribution in [2.45, 2.75) is 31.2 Å². The van der Waals surface area contributed by atoms with E-state index in [1.807, 2.05) is 0 Å². The van der Waals surface area contributed by atoms with E-state index in [4.69, 9.17) is 4.74 Å². The van der Waals surface area contributed by atoms with Gasteiger partial charge < -0.3 is 10.1 Å². The summed E-state index contributed by atoms with van der Waals surface area (Å²) in [6, 6.07) is 0. The van der Waals surface area contributed by atoms with E-state index >= 15 is 0 Å². The molecule has 0 bridgehead atoms. The van der Waals surface area contributed by atoms with Crippen LogP contribution in [0.5, 0.6) is 0 Å². The van der Waals surface area contributed by atoms with Crippen LogP contribution in [-0.4, -0.2) is 50.3 Å². The van der Waals surface area contributed by atoms with Crippen molar-refractivity contribution in [2.24, 2.45) is 0 Å². The summed E-state index contributed by atoms with van der Waals surface area (Å²) in [5, 5.41) is 3.37. The molecular weight excluding hydrogens is 176 g/mol. The summed E-state index contributed by atoms with van der Waals surface area (Å²) in [6.07, 6.45) is 5.54. The van der Waals surface area contributed by atoms with Gasteiger partial charge in [0.2, 0.25) is 0 Å². The van der Waals surface area contributed by atoms with E-state index in [1.54, 1.807) is 0 Å². The summed E-state index contributed by atoms with van der Waals surface area (Å²) in [5.74, 6) is 0. The molecule has 0 radical (unpaired) electrons. The van der Waals surface area contributed by atoms with Gasteiger partial charge in [-0.25, -0.2) is 0 Å². The first kappa shape index (κ1) is 10.4. The van der Waals surface area contributed by atoms with Gasteiger partial charge in [0.25, 0.3) is 0 Å². The minimum atomic E-state index is 0.457. The Labute approximate surface area is 86.8 Å². The van der Waals surface area contributed by atoms with Crippen LogP contribution in [0.1, 0.15) is 25.7 Å². The molecule has 14 heavy (non-hydrogen) atoms. The van der Waals surface area contributed by atoms with Crippen molar-refractivity contribution >= 4 is 0 Å². The topological polar surface area (TPSA) is 24.5 Å². The molecule has 0 amide bonds. The lowest BCUT2D eigenvalue weighted by Gasteiger charge is -2.43. The smallest absolute Gasteiger partial charge is 0.0594 e. The lowest BCUT2D eigenvalue weighted by atomic mass is 9.94. The van der Waals surface area contributed by atoms with Crippen LogP contribution in [0, 0.1) is 0 Å². The summed E-state index contributed by atoms with van der Waals surface area (Å²) < 4.78 is 5.42. The average Bonchev–Trinajstić information content (AvgIpc) is 2.70. The maximum atomic E-state index is 5.42. The van der Waals surface area contributed by atoms with E-state index in [0.717, 1.165) is 32.8 Å². The Bertz CT molecular complexity index is 172. The Kier molecular flexibility index (Phi) is 3.42. The third kappa shape index (κ3) is 1.95. The predicted octanol–water partition coefficient (Wildman–Crippen LogP) is 0.851. The maximum absolute atomic E-state index is 5.42. The molecule has 0 atom stereocenters. The molecule has 3 nitrogen and oxygen atoms in total. The third-order valence-corrected chi connectivity index (χ3v) is 3.72. The second-order valence-electron chi connectivity index (χ2n) is 4.56. The molecule has 82 valence electrons. The molecule has 0 spiro atoms. The number of likely N-dealkylation sites (N-methyl/N-ethyl adjacent to an activating group) is 1. The van der Waals surface area contributed by atoms with Gasteiger partial charge in [0.05, 0.1) is 13.2 Å². The van der Waals surface area contributed by atoms with Crippen molar-refractivity contribution in [3.63, 3.8) is 0 Å². The Morgan fingerprint density at radius 3 is 2.43 bits per heavy atom. The monoisotopic (exact) mass is 198 g/mol. The van der Waals surface area contributed by atoms with Crippen LogP contribution < -0.4 is 5.32 Å². The summed E-state index contributed by atoms with van der Waals surface area (Å²) in [4.78, 5) is 2.65. The first-order valence-corrected chi connectivity index (χ1v) is 5.85. The van der Waals surface area contributed by atoms with Gasteiger partial charge in [-0.15, -0.1) is 0 Å². The van der Waals surface area contributed by atoms with E-state index in [1.165, 1.54) is 25.7 Å². The van der Waals surface area contributed by atoms with Gasteiger partial charge in [-0.3, -0.25) is 4.90 Å². The molecule has 1 saturated heterocycles. The van der Waals surface area contributed by atoms with Crippen LogP contribution >= 0.6 is 0 Å². The molecule has 1 saturated carbocycles. The van der Waals surface area contributed by atoms with Crippen LogP contribution in [0.4, 0.5) is 0 Å². The van der Waals surface area contributed by atoms with E-state index < -0.39 is 0 Å². The molecule has 0 aromatic carbocycles. The lowest BCUT2D eigenvalue weighted by molar-refractivity contribution is -0.0198. The Morgan fingerprint density at radius 2 is 1.86 bits per heavy atom. The second-order valence-corrected chi connectivity index (χ2v) is 4.56. The summed E-state index contributed by atoms with van der Waals surface area (Å²) >= 11 is 0.